The van der Waals surface area contributed by atoms with Crippen LogP contribution in [0.3, 0.4) is 0 Å². The third-order valence-corrected chi connectivity index (χ3v) is 1.94. The Hall–Kier alpha value is -2.30. The van der Waals surface area contributed by atoms with Crippen LogP contribution < -0.4 is 11.3 Å². The van der Waals surface area contributed by atoms with Crippen LogP contribution in [-0.4, -0.2) is 15.1 Å². The molecular formula is C10H9N3O2. The SMILES string of the molecule is Nc1ccccc1-c1nc(O)cc(=O)[nH]1. The summed E-state index contributed by atoms with van der Waals surface area (Å²) >= 11 is 0. The van der Waals surface area contributed by atoms with Gasteiger partial charge in [-0.25, -0.2) is 0 Å². The number of benzene rings is 1. The number of nitrogens with one attached hydrogen (secondary N) is 1. The van der Waals surface area contributed by atoms with Crippen molar-refractivity contribution in [3.8, 4) is 17.3 Å². The second kappa shape index (κ2) is 3.45. The molecule has 0 unspecified atom stereocenters. The molecule has 0 fully saturated rings. The van der Waals surface area contributed by atoms with Crippen LogP contribution in [0.25, 0.3) is 11.4 Å². The number of aromatic amines is 1. The fraction of sp³-hybridized carbons (Fsp3) is 0. The average Bonchev–Trinajstić information content (AvgIpc) is 2.16. The maximum atomic E-state index is 11.1. The first-order chi connectivity index (χ1) is 7.16. The number of para-hydroxylation sites is 1. The molecule has 4 N–H and O–H groups in total. The van der Waals surface area contributed by atoms with Gasteiger partial charge >= 0.3 is 0 Å². The zero-order chi connectivity index (χ0) is 10.8. The van der Waals surface area contributed by atoms with Crippen molar-refractivity contribution < 1.29 is 5.11 Å². The van der Waals surface area contributed by atoms with Gasteiger partial charge in [-0.2, -0.15) is 4.98 Å². The summed E-state index contributed by atoms with van der Waals surface area (Å²) in [5.74, 6) is -0.0601. The predicted octanol–water partition coefficient (Wildman–Crippen LogP) is 0.725. The van der Waals surface area contributed by atoms with Gasteiger partial charge in [0.25, 0.3) is 5.56 Å². The van der Waals surface area contributed by atoms with Gasteiger partial charge in [0.05, 0.1) is 6.07 Å². The number of nitrogens with two attached hydrogens (primary N) is 1. The Morgan fingerprint density at radius 1 is 1.33 bits per heavy atom. The Morgan fingerprint density at radius 3 is 2.73 bits per heavy atom. The highest BCUT2D eigenvalue weighted by molar-refractivity contribution is 5.71. The molecule has 1 aromatic heterocycles. The van der Waals surface area contributed by atoms with Gasteiger partial charge in [-0.3, -0.25) is 4.79 Å². The van der Waals surface area contributed by atoms with E-state index in [-0.39, 0.29) is 11.7 Å². The van der Waals surface area contributed by atoms with Gasteiger partial charge in [-0.1, -0.05) is 12.1 Å². The molecule has 76 valence electrons. The number of hydrogen-bond donors (Lipinski definition) is 3. The van der Waals surface area contributed by atoms with Crippen LogP contribution in [-0.2, 0) is 0 Å². The van der Waals surface area contributed by atoms with Crippen LogP contribution in [0.1, 0.15) is 0 Å². The van der Waals surface area contributed by atoms with Crippen LogP contribution >= 0.6 is 0 Å². The number of anilines is 1. The number of nitrogen functional groups attached to an aromatic ring is 1. The highest BCUT2D eigenvalue weighted by atomic mass is 16.3. The number of H-pyrrole nitrogens is 1. The minimum Gasteiger partial charge on any atom is -0.493 e. The highest BCUT2D eigenvalue weighted by Crippen LogP contribution is 2.21. The third kappa shape index (κ3) is 1.80. The van der Waals surface area contributed by atoms with E-state index in [1.165, 1.54) is 0 Å². The molecule has 0 aliphatic rings. The van der Waals surface area contributed by atoms with E-state index in [2.05, 4.69) is 9.97 Å². The summed E-state index contributed by atoms with van der Waals surface area (Å²) < 4.78 is 0. The molecule has 0 aliphatic carbocycles. The van der Waals surface area contributed by atoms with Crippen molar-refractivity contribution in [3.63, 3.8) is 0 Å². The number of rotatable bonds is 1. The van der Waals surface area contributed by atoms with E-state index in [4.69, 9.17) is 5.73 Å². The maximum Gasteiger partial charge on any atom is 0.254 e. The first kappa shape index (κ1) is 9.26. The number of aromatic nitrogens is 2. The van der Waals surface area contributed by atoms with E-state index in [0.717, 1.165) is 6.07 Å². The summed E-state index contributed by atoms with van der Waals surface area (Å²) in [7, 11) is 0. The van der Waals surface area contributed by atoms with Gasteiger partial charge in [-0.15, -0.1) is 0 Å². The predicted molar refractivity (Wildman–Crippen MR) is 56.4 cm³/mol. The molecule has 1 aromatic carbocycles. The number of aromatic hydroxyl groups is 1. The lowest BCUT2D eigenvalue weighted by molar-refractivity contribution is 0.452. The molecule has 15 heavy (non-hydrogen) atoms. The minimum atomic E-state index is -0.416. The molecule has 0 amide bonds. The summed E-state index contributed by atoms with van der Waals surface area (Å²) in [6.07, 6.45) is 0. The van der Waals surface area contributed by atoms with Crippen molar-refractivity contribution in [1.29, 1.82) is 0 Å². The van der Waals surface area contributed by atoms with Gasteiger partial charge in [0.1, 0.15) is 5.82 Å². The van der Waals surface area contributed by atoms with E-state index >= 15 is 0 Å². The first-order valence-corrected chi connectivity index (χ1v) is 4.32. The second-order valence-corrected chi connectivity index (χ2v) is 3.04. The van der Waals surface area contributed by atoms with Crippen molar-refractivity contribution in [2.45, 2.75) is 0 Å². The van der Waals surface area contributed by atoms with Gasteiger partial charge < -0.3 is 15.8 Å². The molecular weight excluding hydrogens is 194 g/mol. The summed E-state index contributed by atoms with van der Waals surface area (Å²) in [5, 5.41) is 9.17. The van der Waals surface area contributed by atoms with Crippen LogP contribution in [0.5, 0.6) is 5.88 Å². The molecule has 2 rings (SSSR count). The highest BCUT2D eigenvalue weighted by Gasteiger charge is 2.05. The van der Waals surface area contributed by atoms with Gasteiger partial charge in [0.2, 0.25) is 5.88 Å². The fourth-order valence-corrected chi connectivity index (χ4v) is 1.29. The van der Waals surface area contributed by atoms with Crippen molar-refractivity contribution in [3.05, 3.63) is 40.7 Å². The monoisotopic (exact) mass is 203 g/mol. The van der Waals surface area contributed by atoms with E-state index in [0.29, 0.717) is 11.3 Å². The van der Waals surface area contributed by atoms with Crippen molar-refractivity contribution in [2.75, 3.05) is 5.73 Å². The molecule has 0 aliphatic heterocycles. The van der Waals surface area contributed by atoms with Gasteiger partial charge in [0.15, 0.2) is 0 Å². The van der Waals surface area contributed by atoms with Gasteiger partial charge in [-0.05, 0) is 12.1 Å². The topological polar surface area (TPSA) is 92.0 Å². The molecule has 2 aromatic rings. The Balaban J connectivity index is 2.64. The lowest BCUT2D eigenvalue weighted by Crippen LogP contribution is -2.07. The lowest BCUT2D eigenvalue weighted by atomic mass is 10.1. The second-order valence-electron chi connectivity index (χ2n) is 3.04. The molecule has 5 nitrogen and oxygen atoms in total. The largest absolute Gasteiger partial charge is 0.493 e. The third-order valence-electron chi connectivity index (χ3n) is 1.94. The minimum absolute atomic E-state index is 0.262. The lowest BCUT2D eigenvalue weighted by Gasteiger charge is -2.03. The Bertz CT molecular complexity index is 548. The van der Waals surface area contributed by atoms with E-state index < -0.39 is 5.56 Å². The van der Waals surface area contributed by atoms with E-state index in [1.54, 1.807) is 24.3 Å². The normalized spacial score (nSPS) is 10.1. The number of nitrogens with zero attached hydrogens (tertiary/aromatic N) is 1. The van der Waals surface area contributed by atoms with Crippen LogP contribution in [0.15, 0.2) is 35.1 Å². The summed E-state index contributed by atoms with van der Waals surface area (Å²) in [6, 6.07) is 7.96. The standard InChI is InChI=1S/C10H9N3O2/c11-7-4-2-1-3-6(7)10-12-8(14)5-9(15)13-10/h1-5H,11H2,(H2,12,13,14,15). The summed E-state index contributed by atoms with van der Waals surface area (Å²) in [6.45, 7) is 0. The van der Waals surface area contributed by atoms with Crippen LogP contribution in [0, 0.1) is 0 Å². The zero-order valence-corrected chi connectivity index (χ0v) is 7.77. The molecule has 0 spiro atoms. The summed E-state index contributed by atoms with van der Waals surface area (Å²) in [4.78, 5) is 17.4. The molecule has 0 radical (unpaired) electrons. The maximum absolute atomic E-state index is 11.1. The zero-order valence-electron chi connectivity index (χ0n) is 7.77. The quantitative estimate of drug-likeness (QED) is 0.595. The Labute approximate surface area is 85.2 Å². The van der Waals surface area contributed by atoms with Crippen LogP contribution in [0.4, 0.5) is 5.69 Å². The molecule has 0 bridgehead atoms. The smallest absolute Gasteiger partial charge is 0.254 e. The number of hydrogen-bond acceptors (Lipinski definition) is 4. The molecule has 0 saturated heterocycles. The van der Waals surface area contributed by atoms with Crippen LogP contribution in [0.2, 0.25) is 0 Å². The Morgan fingerprint density at radius 2 is 2.07 bits per heavy atom. The molecule has 5 heteroatoms. The molecule has 0 atom stereocenters. The van der Waals surface area contributed by atoms with Crippen molar-refractivity contribution in [2.24, 2.45) is 0 Å². The molecule has 1 heterocycles. The van der Waals surface area contributed by atoms with Crippen molar-refractivity contribution in [1.82, 2.24) is 9.97 Å². The average molecular weight is 203 g/mol. The Kier molecular flexibility index (Phi) is 2.13. The van der Waals surface area contributed by atoms with Gasteiger partial charge in [0, 0.05) is 11.3 Å². The molecule has 0 saturated carbocycles. The first-order valence-electron chi connectivity index (χ1n) is 4.32. The fourth-order valence-electron chi connectivity index (χ4n) is 1.29. The summed E-state index contributed by atoms with van der Waals surface area (Å²) in [5.41, 5.74) is 6.37. The van der Waals surface area contributed by atoms with E-state index in [9.17, 15) is 9.90 Å². The van der Waals surface area contributed by atoms with Crippen molar-refractivity contribution >= 4 is 5.69 Å². The van der Waals surface area contributed by atoms with E-state index in [1.807, 2.05) is 0 Å².